The Morgan fingerprint density at radius 3 is 2.81 bits per heavy atom. The van der Waals surface area contributed by atoms with Crippen LogP contribution in [0.5, 0.6) is 0 Å². The highest BCUT2D eigenvalue weighted by Gasteiger charge is 2.38. The van der Waals surface area contributed by atoms with Gasteiger partial charge in [0.25, 0.3) is 0 Å². The second-order valence-corrected chi connectivity index (χ2v) is 10.1. The van der Waals surface area contributed by atoms with Crippen molar-refractivity contribution in [2.45, 2.75) is 30.8 Å². The third kappa shape index (κ3) is 3.66. The number of rotatable bonds is 5. The fourth-order valence-corrected chi connectivity index (χ4v) is 6.31. The van der Waals surface area contributed by atoms with Gasteiger partial charge < -0.3 is 4.57 Å². The number of fused-ring (bicyclic) bond motifs is 1. The monoisotopic (exact) mass is 438 g/mol. The van der Waals surface area contributed by atoms with Crippen LogP contribution in [0.3, 0.4) is 0 Å². The molecule has 6 nitrogen and oxygen atoms in total. The number of H-pyrrole nitrogens is 1. The summed E-state index contributed by atoms with van der Waals surface area (Å²) in [7, 11) is -3.72. The number of hydrogen-bond donors (Lipinski definition) is 1. The van der Waals surface area contributed by atoms with Gasteiger partial charge in [0.2, 0.25) is 10.0 Å². The largest absolute Gasteiger partial charge is 0.347 e. The van der Waals surface area contributed by atoms with Crippen LogP contribution in [0.4, 0.5) is 4.39 Å². The van der Waals surface area contributed by atoms with E-state index in [1.807, 2.05) is 13.1 Å². The summed E-state index contributed by atoms with van der Waals surface area (Å²) >= 11 is 0. The van der Waals surface area contributed by atoms with Crippen molar-refractivity contribution in [1.29, 1.82) is 0 Å². The molecule has 0 amide bonds. The van der Waals surface area contributed by atoms with Crippen molar-refractivity contribution >= 4 is 20.9 Å². The number of sulfonamides is 1. The second kappa shape index (κ2) is 7.62. The number of nitrogens with zero attached hydrogens (tertiary/aromatic N) is 3. The number of halogens is 1. The molecule has 2 aromatic carbocycles. The van der Waals surface area contributed by atoms with Gasteiger partial charge >= 0.3 is 0 Å². The molecule has 1 saturated heterocycles. The first kappa shape index (κ1) is 20.0. The van der Waals surface area contributed by atoms with E-state index in [9.17, 15) is 12.8 Å². The molecule has 0 saturated carbocycles. The van der Waals surface area contributed by atoms with Crippen molar-refractivity contribution < 1.29 is 12.8 Å². The molecule has 160 valence electrons. The zero-order chi connectivity index (χ0) is 21.6. The fourth-order valence-electron chi connectivity index (χ4n) is 4.56. The van der Waals surface area contributed by atoms with Crippen molar-refractivity contribution in [1.82, 2.24) is 19.1 Å². The molecular formula is C23H23FN4O2S. The average molecular weight is 439 g/mol. The first-order chi connectivity index (χ1) is 14.9. The van der Waals surface area contributed by atoms with Crippen molar-refractivity contribution in [3.8, 4) is 11.1 Å². The lowest BCUT2D eigenvalue weighted by atomic mass is 10.1. The minimum Gasteiger partial charge on any atom is -0.347 e. The van der Waals surface area contributed by atoms with E-state index in [1.54, 1.807) is 6.20 Å². The highest BCUT2D eigenvalue weighted by Crippen LogP contribution is 2.32. The van der Waals surface area contributed by atoms with Gasteiger partial charge in [-0.15, -0.1) is 0 Å². The van der Waals surface area contributed by atoms with Gasteiger partial charge in [-0.05, 0) is 61.2 Å². The SMILES string of the molecule is C[C@H]1CC(Cn2ccc3cc(-c4cn[nH]c4)ccc32)CN1S(=O)(=O)c1cccc(F)c1. The minimum absolute atomic E-state index is 0.0122. The van der Waals surface area contributed by atoms with Crippen LogP contribution in [-0.2, 0) is 16.6 Å². The lowest BCUT2D eigenvalue weighted by Crippen LogP contribution is -2.34. The van der Waals surface area contributed by atoms with E-state index in [0.29, 0.717) is 6.54 Å². The van der Waals surface area contributed by atoms with Crippen LogP contribution >= 0.6 is 0 Å². The van der Waals surface area contributed by atoms with E-state index in [1.165, 1.54) is 22.5 Å². The number of nitrogens with one attached hydrogen (secondary N) is 1. The van der Waals surface area contributed by atoms with Gasteiger partial charge in [-0.2, -0.15) is 9.40 Å². The van der Waals surface area contributed by atoms with Crippen molar-refractivity contribution in [3.63, 3.8) is 0 Å². The topological polar surface area (TPSA) is 71.0 Å². The van der Waals surface area contributed by atoms with E-state index in [2.05, 4.69) is 45.2 Å². The van der Waals surface area contributed by atoms with Crippen molar-refractivity contribution in [3.05, 3.63) is 72.9 Å². The molecule has 5 rings (SSSR count). The van der Waals surface area contributed by atoms with Crippen molar-refractivity contribution in [2.24, 2.45) is 5.92 Å². The quantitative estimate of drug-likeness (QED) is 0.506. The zero-order valence-corrected chi connectivity index (χ0v) is 17.9. The molecule has 2 aromatic heterocycles. The molecule has 0 radical (unpaired) electrons. The average Bonchev–Trinajstić information content (AvgIpc) is 3.49. The summed E-state index contributed by atoms with van der Waals surface area (Å²) in [5, 5.41) is 7.98. The van der Waals surface area contributed by atoms with E-state index in [0.717, 1.165) is 41.1 Å². The molecule has 3 heterocycles. The Labute approximate surface area is 180 Å². The molecule has 0 aliphatic carbocycles. The molecular weight excluding hydrogens is 415 g/mol. The summed E-state index contributed by atoms with van der Waals surface area (Å²) in [4.78, 5) is 0.0122. The summed E-state index contributed by atoms with van der Waals surface area (Å²) in [6.07, 6.45) is 6.48. The molecule has 2 atom stereocenters. The Hall–Kier alpha value is -2.97. The van der Waals surface area contributed by atoms with Gasteiger partial charge in [0.05, 0.1) is 11.1 Å². The summed E-state index contributed by atoms with van der Waals surface area (Å²) < 4.78 is 43.4. The number of hydrogen-bond acceptors (Lipinski definition) is 3. The predicted octanol–water partition coefficient (Wildman–Crippen LogP) is 4.27. The lowest BCUT2D eigenvalue weighted by Gasteiger charge is -2.21. The molecule has 1 N–H and O–H groups in total. The van der Waals surface area contributed by atoms with Crippen LogP contribution < -0.4 is 0 Å². The molecule has 1 aliphatic heterocycles. The Morgan fingerprint density at radius 1 is 1.16 bits per heavy atom. The Kier molecular flexibility index (Phi) is 4.91. The van der Waals surface area contributed by atoms with Crippen molar-refractivity contribution in [2.75, 3.05) is 6.54 Å². The van der Waals surface area contributed by atoms with Gasteiger partial charge in [-0.25, -0.2) is 12.8 Å². The van der Waals surface area contributed by atoms with E-state index >= 15 is 0 Å². The molecule has 31 heavy (non-hydrogen) atoms. The Bertz CT molecular complexity index is 1330. The Balaban J connectivity index is 1.36. The van der Waals surface area contributed by atoms with Crippen LogP contribution in [0.15, 0.2) is 72.0 Å². The smallest absolute Gasteiger partial charge is 0.243 e. The molecule has 8 heteroatoms. The number of benzene rings is 2. The van der Waals surface area contributed by atoms with Gasteiger partial charge in [-0.3, -0.25) is 5.10 Å². The summed E-state index contributed by atoms with van der Waals surface area (Å²) in [6.45, 7) is 3.07. The van der Waals surface area contributed by atoms with E-state index in [4.69, 9.17) is 0 Å². The molecule has 0 spiro atoms. The zero-order valence-electron chi connectivity index (χ0n) is 17.1. The van der Waals surface area contributed by atoms with E-state index < -0.39 is 15.8 Å². The maximum atomic E-state index is 13.6. The lowest BCUT2D eigenvalue weighted by molar-refractivity contribution is 0.399. The first-order valence-corrected chi connectivity index (χ1v) is 11.7. The molecule has 1 unspecified atom stereocenters. The first-order valence-electron chi connectivity index (χ1n) is 10.3. The summed E-state index contributed by atoms with van der Waals surface area (Å²) in [5.74, 6) is -0.361. The normalized spacial score (nSPS) is 19.9. The summed E-state index contributed by atoms with van der Waals surface area (Å²) in [6, 6.07) is 13.5. The second-order valence-electron chi connectivity index (χ2n) is 8.21. The highest BCUT2D eigenvalue weighted by molar-refractivity contribution is 7.89. The molecule has 1 fully saturated rings. The Morgan fingerprint density at radius 2 is 2.03 bits per heavy atom. The highest BCUT2D eigenvalue weighted by atomic mass is 32.2. The van der Waals surface area contributed by atoms with Crippen LogP contribution in [-0.4, -0.2) is 40.1 Å². The van der Waals surface area contributed by atoms with Crippen LogP contribution in [0.2, 0.25) is 0 Å². The third-order valence-electron chi connectivity index (χ3n) is 6.06. The van der Waals surface area contributed by atoms with Gasteiger partial charge in [0.15, 0.2) is 0 Å². The maximum absolute atomic E-state index is 13.6. The van der Waals surface area contributed by atoms with E-state index in [-0.39, 0.29) is 16.9 Å². The predicted molar refractivity (Wildman–Crippen MR) is 117 cm³/mol. The van der Waals surface area contributed by atoms with Gasteiger partial charge in [0.1, 0.15) is 5.82 Å². The fraction of sp³-hybridized carbons (Fsp3) is 0.261. The molecule has 1 aliphatic rings. The number of aromatic amines is 1. The maximum Gasteiger partial charge on any atom is 0.243 e. The van der Waals surface area contributed by atoms with Gasteiger partial charge in [0, 0.05) is 48.0 Å². The van der Waals surface area contributed by atoms with Crippen LogP contribution in [0, 0.1) is 11.7 Å². The molecule has 0 bridgehead atoms. The minimum atomic E-state index is -3.72. The summed E-state index contributed by atoms with van der Waals surface area (Å²) in [5.41, 5.74) is 3.25. The van der Waals surface area contributed by atoms with Crippen LogP contribution in [0.25, 0.3) is 22.0 Å². The van der Waals surface area contributed by atoms with Crippen LogP contribution in [0.1, 0.15) is 13.3 Å². The third-order valence-corrected chi connectivity index (χ3v) is 8.04. The molecule has 4 aromatic rings. The number of aromatic nitrogens is 3. The van der Waals surface area contributed by atoms with Gasteiger partial charge in [-0.1, -0.05) is 12.1 Å². The standard InChI is InChI=1S/C23H23FN4O2S/c1-16-9-17(15-28(16)31(29,30)22-4-2-3-21(24)11-22)14-27-8-7-19-10-18(5-6-23(19)27)20-12-25-26-13-20/h2-8,10-13,16-17H,9,14-15H2,1H3,(H,25,26)/t16-,17?/m0/s1.